The molecule has 3 atom stereocenters. The van der Waals surface area contributed by atoms with Gasteiger partial charge >= 0.3 is 6.03 Å². The van der Waals surface area contributed by atoms with Crippen LogP contribution in [0.15, 0.2) is 22.7 Å². The minimum absolute atomic E-state index is 0.0202. The van der Waals surface area contributed by atoms with E-state index in [9.17, 15) is 19.5 Å². The fraction of sp³-hybridized carbons (Fsp3) is 0.556. The number of anilines is 2. The largest absolute Gasteiger partial charge is 0.488 e. The van der Waals surface area contributed by atoms with Crippen molar-refractivity contribution in [1.29, 1.82) is 0 Å². The molecule has 1 aliphatic heterocycles. The van der Waals surface area contributed by atoms with Gasteiger partial charge in [0.1, 0.15) is 23.2 Å². The summed E-state index contributed by atoms with van der Waals surface area (Å²) in [7, 11) is 1.67. The summed E-state index contributed by atoms with van der Waals surface area (Å²) < 4.78 is 11.6. The van der Waals surface area contributed by atoms with Crippen molar-refractivity contribution in [2.75, 3.05) is 37.4 Å². The van der Waals surface area contributed by atoms with Gasteiger partial charge in [0.05, 0.1) is 25.6 Å². The Morgan fingerprint density at radius 3 is 2.63 bits per heavy atom. The number of fused-ring (bicyclic) bond motifs is 1. The van der Waals surface area contributed by atoms with E-state index in [4.69, 9.17) is 9.26 Å². The predicted molar refractivity (Wildman–Crippen MR) is 141 cm³/mol. The summed E-state index contributed by atoms with van der Waals surface area (Å²) in [5, 5.41) is 19.5. The molecular weight excluding hydrogens is 490 g/mol. The first-order valence-corrected chi connectivity index (χ1v) is 13.0. The molecule has 2 heterocycles. The number of aromatic nitrogens is 1. The maximum atomic E-state index is 13.3. The van der Waals surface area contributed by atoms with Crippen LogP contribution in [0, 0.1) is 25.7 Å². The van der Waals surface area contributed by atoms with Crippen molar-refractivity contribution in [3.63, 3.8) is 0 Å². The second kappa shape index (κ2) is 11.4. The second-order valence-electron chi connectivity index (χ2n) is 10.5. The van der Waals surface area contributed by atoms with Gasteiger partial charge in [-0.05, 0) is 51.8 Å². The zero-order valence-electron chi connectivity index (χ0n) is 22.6. The van der Waals surface area contributed by atoms with Crippen LogP contribution in [0.4, 0.5) is 16.2 Å². The number of benzene rings is 1. The number of aliphatic hydroxyl groups is 1. The van der Waals surface area contributed by atoms with Crippen molar-refractivity contribution < 1.29 is 28.8 Å². The number of hydrogen-bond acceptors (Lipinski definition) is 7. The molecule has 1 fully saturated rings. The van der Waals surface area contributed by atoms with Crippen molar-refractivity contribution in [3.05, 3.63) is 35.2 Å². The third-order valence-electron chi connectivity index (χ3n) is 7.20. The van der Waals surface area contributed by atoms with Gasteiger partial charge in [0, 0.05) is 36.7 Å². The predicted octanol–water partition coefficient (Wildman–Crippen LogP) is 2.95. The molecule has 11 heteroatoms. The molecule has 0 unspecified atom stereocenters. The highest BCUT2D eigenvalue weighted by molar-refractivity contribution is 5.94. The van der Waals surface area contributed by atoms with Gasteiger partial charge in [-0.2, -0.15) is 0 Å². The molecule has 11 nitrogen and oxygen atoms in total. The van der Waals surface area contributed by atoms with Crippen molar-refractivity contribution in [2.45, 2.75) is 59.1 Å². The molecule has 2 aliphatic rings. The smallest absolute Gasteiger partial charge is 0.321 e. The Morgan fingerprint density at radius 2 is 2.00 bits per heavy atom. The van der Waals surface area contributed by atoms with Gasteiger partial charge in [0.25, 0.3) is 0 Å². The van der Waals surface area contributed by atoms with Crippen molar-refractivity contribution in [2.24, 2.45) is 11.8 Å². The quantitative estimate of drug-likeness (QED) is 0.503. The van der Waals surface area contributed by atoms with Crippen LogP contribution in [0.25, 0.3) is 0 Å². The van der Waals surface area contributed by atoms with Crippen LogP contribution in [-0.2, 0) is 16.0 Å². The zero-order valence-corrected chi connectivity index (χ0v) is 22.6. The molecule has 2 aromatic rings. The van der Waals surface area contributed by atoms with Crippen LogP contribution >= 0.6 is 0 Å². The van der Waals surface area contributed by atoms with E-state index in [1.165, 1.54) is 4.90 Å². The summed E-state index contributed by atoms with van der Waals surface area (Å²) in [6, 6.07) is 4.58. The SMILES string of the molecule is Cc1noc(C)c1NC(=O)N(C)C[C@H]1Oc2ccc(NC(=O)C3CC3)cc2CC(=O)N([C@H](C)CO)C[C@H]1C. The molecule has 1 saturated carbocycles. The number of aliphatic hydroxyl groups excluding tert-OH is 1. The third-order valence-corrected chi connectivity index (χ3v) is 7.20. The first kappa shape index (κ1) is 27.4. The Bertz CT molecular complexity index is 1170. The molecule has 1 aliphatic carbocycles. The van der Waals surface area contributed by atoms with E-state index in [0.29, 0.717) is 40.7 Å². The minimum Gasteiger partial charge on any atom is -0.488 e. The summed E-state index contributed by atoms with van der Waals surface area (Å²) in [5.41, 5.74) is 2.37. The number of aryl methyl sites for hydroxylation is 2. The molecule has 0 saturated heterocycles. The Balaban J connectivity index is 1.58. The van der Waals surface area contributed by atoms with Crippen molar-refractivity contribution in [1.82, 2.24) is 15.0 Å². The van der Waals surface area contributed by atoms with Crippen LogP contribution in [0.3, 0.4) is 0 Å². The third kappa shape index (κ3) is 6.27. The van der Waals surface area contributed by atoms with Gasteiger partial charge in [-0.25, -0.2) is 4.79 Å². The summed E-state index contributed by atoms with van der Waals surface area (Å²) in [6.45, 7) is 7.66. The Hall–Kier alpha value is -3.60. The number of rotatable bonds is 7. The second-order valence-corrected chi connectivity index (χ2v) is 10.5. The molecule has 3 N–H and O–H groups in total. The van der Waals surface area contributed by atoms with E-state index >= 15 is 0 Å². The van der Waals surface area contributed by atoms with E-state index < -0.39 is 6.10 Å². The van der Waals surface area contributed by atoms with Gasteiger partial charge in [0.15, 0.2) is 5.76 Å². The monoisotopic (exact) mass is 527 g/mol. The van der Waals surface area contributed by atoms with Crippen molar-refractivity contribution in [3.8, 4) is 5.75 Å². The molecular formula is C27H37N5O6. The lowest BCUT2D eigenvalue weighted by Crippen LogP contribution is -2.48. The fourth-order valence-electron chi connectivity index (χ4n) is 4.53. The number of hydrogen-bond donors (Lipinski definition) is 3. The average molecular weight is 528 g/mol. The normalized spacial score (nSPS) is 20.4. The molecule has 1 aromatic heterocycles. The molecule has 38 heavy (non-hydrogen) atoms. The standard InChI is InChI=1S/C27H37N5O6/c1-15-12-32(16(2)14-33)24(34)11-20-10-21(28-26(35)19-6-7-19)8-9-22(20)37-23(15)13-31(5)27(36)29-25-17(3)30-38-18(25)4/h8-10,15-16,19,23,33H,6-7,11-14H2,1-5H3,(H,28,35)(H,29,36)/t15-,16-,23-/m1/s1. The lowest BCUT2D eigenvalue weighted by molar-refractivity contribution is -0.134. The number of likely N-dealkylation sites (N-methyl/N-ethyl adjacent to an activating group) is 1. The molecule has 0 radical (unpaired) electrons. The Kier molecular flexibility index (Phi) is 8.25. The van der Waals surface area contributed by atoms with Gasteiger partial charge in [-0.15, -0.1) is 0 Å². The number of nitrogens with one attached hydrogen (secondary N) is 2. The molecule has 0 spiro atoms. The van der Waals surface area contributed by atoms with E-state index in [1.54, 1.807) is 50.9 Å². The van der Waals surface area contributed by atoms with E-state index in [-0.39, 0.29) is 55.3 Å². The Morgan fingerprint density at radius 1 is 1.26 bits per heavy atom. The highest BCUT2D eigenvalue weighted by atomic mass is 16.5. The fourth-order valence-corrected chi connectivity index (χ4v) is 4.53. The van der Waals surface area contributed by atoms with Crippen molar-refractivity contribution >= 4 is 29.2 Å². The molecule has 4 amide bonds. The first-order chi connectivity index (χ1) is 18.1. The van der Waals surface area contributed by atoms with Crippen LogP contribution in [0.2, 0.25) is 0 Å². The van der Waals surface area contributed by atoms with E-state index in [1.807, 2.05) is 6.92 Å². The van der Waals surface area contributed by atoms with Crippen LogP contribution < -0.4 is 15.4 Å². The number of carbonyl (C=O) groups is 3. The van der Waals surface area contributed by atoms with E-state index in [0.717, 1.165) is 12.8 Å². The molecule has 0 bridgehead atoms. The molecule has 4 rings (SSSR count). The summed E-state index contributed by atoms with van der Waals surface area (Å²) in [4.78, 5) is 41.8. The van der Waals surface area contributed by atoms with Gasteiger partial charge in [-0.3, -0.25) is 9.59 Å². The Labute approximate surface area is 222 Å². The summed E-state index contributed by atoms with van der Waals surface area (Å²) >= 11 is 0. The number of carbonyl (C=O) groups excluding carboxylic acids is 3. The maximum Gasteiger partial charge on any atom is 0.321 e. The number of urea groups is 1. The maximum absolute atomic E-state index is 13.3. The number of amides is 4. The highest BCUT2D eigenvalue weighted by Gasteiger charge is 2.33. The first-order valence-electron chi connectivity index (χ1n) is 13.0. The molecule has 1 aromatic carbocycles. The van der Waals surface area contributed by atoms with Crippen LogP contribution in [-0.4, -0.2) is 76.8 Å². The van der Waals surface area contributed by atoms with Crippen LogP contribution in [0.5, 0.6) is 5.75 Å². The zero-order chi connectivity index (χ0) is 27.6. The van der Waals surface area contributed by atoms with Gasteiger partial charge < -0.3 is 34.8 Å². The number of ether oxygens (including phenoxy) is 1. The number of nitrogens with zero attached hydrogens (tertiary/aromatic N) is 3. The lowest BCUT2D eigenvalue weighted by atomic mass is 10.0. The van der Waals surface area contributed by atoms with Gasteiger partial charge in [-0.1, -0.05) is 12.1 Å². The van der Waals surface area contributed by atoms with E-state index in [2.05, 4.69) is 15.8 Å². The van der Waals surface area contributed by atoms with Gasteiger partial charge in [0.2, 0.25) is 11.8 Å². The van der Waals surface area contributed by atoms with Crippen LogP contribution in [0.1, 0.15) is 43.7 Å². The average Bonchev–Trinajstić information content (AvgIpc) is 3.69. The topological polar surface area (TPSA) is 137 Å². The molecule has 206 valence electrons. The minimum atomic E-state index is -0.458. The lowest BCUT2D eigenvalue weighted by Gasteiger charge is -2.34. The summed E-state index contributed by atoms with van der Waals surface area (Å²) in [5.74, 6) is 0.769. The highest BCUT2D eigenvalue weighted by Crippen LogP contribution is 2.32. The summed E-state index contributed by atoms with van der Waals surface area (Å²) in [6.07, 6.45) is 1.39.